The minimum Gasteiger partial charge on any atom is -0.202 e. The Labute approximate surface area is 204 Å². The topological polar surface area (TPSA) is 47.6 Å². The van der Waals surface area contributed by atoms with Crippen LogP contribution in [0.5, 0.6) is 0 Å². The Bertz CT molecular complexity index is 1090. The quantitative estimate of drug-likeness (QED) is 0.297. The summed E-state index contributed by atoms with van der Waals surface area (Å²) in [7, 11) is 0. The van der Waals surface area contributed by atoms with Crippen molar-refractivity contribution in [3.05, 3.63) is 143 Å². The molecule has 168 valence electrons. The van der Waals surface area contributed by atoms with Crippen LogP contribution in [0.1, 0.15) is 33.4 Å². The van der Waals surface area contributed by atoms with Gasteiger partial charge in [0.05, 0.1) is 0 Å². The van der Waals surface area contributed by atoms with E-state index < -0.39 is 0 Å². The molecule has 0 radical (unpaired) electrons. The van der Waals surface area contributed by atoms with Gasteiger partial charge in [0.25, 0.3) is 0 Å². The molecular formula is C32H30N2. The van der Waals surface area contributed by atoms with E-state index in [4.69, 9.17) is 10.5 Å². The van der Waals surface area contributed by atoms with Gasteiger partial charge in [-0.15, -0.1) is 0 Å². The second-order valence-corrected chi connectivity index (χ2v) is 7.20. The molecule has 0 atom stereocenters. The Morgan fingerprint density at radius 1 is 0.412 bits per heavy atom. The second kappa shape index (κ2) is 17.0. The van der Waals surface area contributed by atoms with Gasteiger partial charge in [0.15, 0.2) is 0 Å². The zero-order valence-corrected chi connectivity index (χ0v) is 19.8. The highest BCUT2D eigenvalue weighted by Crippen LogP contribution is 2.12. The van der Waals surface area contributed by atoms with Crippen molar-refractivity contribution in [1.29, 1.82) is 10.5 Å². The molecule has 0 heterocycles. The van der Waals surface area contributed by atoms with Crippen LogP contribution in [0.2, 0.25) is 0 Å². The minimum atomic E-state index is 1.24. The predicted molar refractivity (Wildman–Crippen MR) is 146 cm³/mol. The number of rotatable bonds is 4. The van der Waals surface area contributed by atoms with Gasteiger partial charge >= 0.3 is 0 Å². The van der Waals surface area contributed by atoms with Crippen LogP contribution >= 0.6 is 0 Å². The molecule has 0 saturated carbocycles. The van der Waals surface area contributed by atoms with Crippen LogP contribution in [-0.4, -0.2) is 0 Å². The molecule has 0 spiro atoms. The Hall–Kier alpha value is -4.66. The first kappa shape index (κ1) is 27.4. The van der Waals surface area contributed by atoms with Crippen LogP contribution in [0.4, 0.5) is 0 Å². The number of benzene rings is 4. The molecule has 4 aromatic rings. The van der Waals surface area contributed by atoms with Crippen molar-refractivity contribution in [2.75, 3.05) is 0 Å². The Morgan fingerprint density at radius 2 is 0.706 bits per heavy atom. The van der Waals surface area contributed by atoms with Crippen molar-refractivity contribution in [2.24, 2.45) is 0 Å². The summed E-state index contributed by atoms with van der Waals surface area (Å²) < 4.78 is 0. The first-order valence-electron chi connectivity index (χ1n) is 10.8. The summed E-state index contributed by atoms with van der Waals surface area (Å²) in [6, 6.07) is 37.5. The van der Waals surface area contributed by atoms with E-state index in [-0.39, 0.29) is 0 Å². The maximum absolute atomic E-state index is 6.50. The third-order valence-corrected chi connectivity index (χ3v) is 4.89. The summed E-state index contributed by atoms with van der Waals surface area (Å²) in [4.78, 5) is 0. The summed E-state index contributed by atoms with van der Waals surface area (Å²) >= 11 is 0. The highest BCUT2D eigenvalue weighted by Gasteiger charge is 1.91. The van der Waals surface area contributed by atoms with Crippen molar-refractivity contribution in [3.8, 4) is 13.1 Å². The molecule has 0 amide bonds. The van der Waals surface area contributed by atoms with Gasteiger partial charge in [-0.05, 0) is 47.2 Å². The second-order valence-electron chi connectivity index (χ2n) is 7.20. The standard InChI is InChI=1S/2C15H14.2CHN/c2*1-13-7-5-6-10-15(13)12-11-14-8-3-2-4-9-14;2*1-2/h2*2-12H,1H3;2*1H/b2*12-11+;;. The van der Waals surface area contributed by atoms with E-state index in [1.807, 2.05) is 12.1 Å². The van der Waals surface area contributed by atoms with E-state index >= 15 is 0 Å². The molecular weight excluding hydrogens is 412 g/mol. The third-order valence-electron chi connectivity index (χ3n) is 4.89. The zero-order chi connectivity index (χ0) is 25.0. The molecule has 34 heavy (non-hydrogen) atoms. The van der Waals surface area contributed by atoms with E-state index in [1.165, 1.54) is 33.4 Å². The van der Waals surface area contributed by atoms with E-state index in [0.717, 1.165) is 0 Å². The minimum absolute atomic E-state index is 1.24. The lowest BCUT2D eigenvalue weighted by molar-refractivity contribution is 1.45. The van der Waals surface area contributed by atoms with Gasteiger partial charge < -0.3 is 0 Å². The number of nitrogens with zero attached hydrogens (tertiary/aromatic N) is 2. The molecule has 0 N–H and O–H groups in total. The molecule has 0 aliphatic heterocycles. The molecule has 4 aromatic carbocycles. The van der Waals surface area contributed by atoms with Crippen LogP contribution in [0.15, 0.2) is 109 Å². The molecule has 2 nitrogen and oxygen atoms in total. The van der Waals surface area contributed by atoms with Crippen molar-refractivity contribution in [2.45, 2.75) is 13.8 Å². The largest absolute Gasteiger partial charge is 0.202 e. The van der Waals surface area contributed by atoms with Crippen LogP contribution < -0.4 is 0 Å². The maximum Gasteiger partial charge on any atom is 0.0462 e. The molecule has 0 aliphatic rings. The molecule has 0 aliphatic carbocycles. The number of nitriles is 2. The molecule has 0 saturated heterocycles. The van der Waals surface area contributed by atoms with Crippen molar-refractivity contribution >= 4 is 24.3 Å². The first-order chi connectivity index (χ1) is 16.7. The van der Waals surface area contributed by atoms with Gasteiger partial charge in [-0.25, -0.2) is 10.5 Å². The molecule has 0 fully saturated rings. The lowest BCUT2D eigenvalue weighted by atomic mass is 10.1. The lowest BCUT2D eigenvalue weighted by Gasteiger charge is -1.98. The SMILES string of the molecule is C#N.C#N.Cc1ccccc1/C=C/c1ccccc1.Cc1ccccc1/C=C/c1ccccc1. The lowest BCUT2D eigenvalue weighted by Crippen LogP contribution is -1.77. The highest BCUT2D eigenvalue weighted by atomic mass is 14.2. The Kier molecular flexibility index (Phi) is 13.7. The average molecular weight is 443 g/mol. The molecule has 2 heteroatoms. The van der Waals surface area contributed by atoms with Gasteiger partial charge in [0.1, 0.15) is 0 Å². The summed E-state index contributed by atoms with van der Waals surface area (Å²) in [5.74, 6) is 0. The van der Waals surface area contributed by atoms with Crippen molar-refractivity contribution < 1.29 is 0 Å². The fraction of sp³-hybridized carbons (Fsp3) is 0.0625. The summed E-state index contributed by atoms with van der Waals surface area (Å²) in [5, 5.41) is 13.0. The normalized spacial score (nSPS) is 9.59. The summed E-state index contributed by atoms with van der Waals surface area (Å²) in [5.41, 5.74) is 7.65. The molecule has 0 unspecified atom stereocenters. The summed E-state index contributed by atoms with van der Waals surface area (Å²) in [6.45, 7) is 11.3. The van der Waals surface area contributed by atoms with Gasteiger partial charge in [0.2, 0.25) is 0 Å². The maximum atomic E-state index is 6.50. The smallest absolute Gasteiger partial charge is 0.0462 e. The Morgan fingerprint density at radius 3 is 1.03 bits per heavy atom. The van der Waals surface area contributed by atoms with Gasteiger partial charge in [0, 0.05) is 13.1 Å². The van der Waals surface area contributed by atoms with Crippen molar-refractivity contribution in [1.82, 2.24) is 0 Å². The van der Waals surface area contributed by atoms with Gasteiger partial charge in [-0.3, -0.25) is 0 Å². The summed E-state index contributed by atoms with van der Waals surface area (Å²) in [6.07, 6.45) is 8.60. The predicted octanol–water partition coefficient (Wildman–Crippen LogP) is 8.61. The van der Waals surface area contributed by atoms with Crippen LogP contribution in [0.3, 0.4) is 0 Å². The highest BCUT2D eigenvalue weighted by molar-refractivity contribution is 5.71. The number of hydrogen-bond donors (Lipinski definition) is 0. The molecule has 0 bridgehead atoms. The van der Waals surface area contributed by atoms with E-state index in [0.29, 0.717) is 0 Å². The van der Waals surface area contributed by atoms with E-state index in [2.05, 4.69) is 148 Å². The first-order valence-corrected chi connectivity index (χ1v) is 10.8. The fourth-order valence-corrected chi connectivity index (χ4v) is 3.05. The third kappa shape index (κ3) is 10.1. The van der Waals surface area contributed by atoms with E-state index in [1.54, 1.807) is 0 Å². The van der Waals surface area contributed by atoms with E-state index in [9.17, 15) is 0 Å². The van der Waals surface area contributed by atoms with Gasteiger partial charge in [-0.2, -0.15) is 0 Å². The van der Waals surface area contributed by atoms with Crippen LogP contribution in [0.25, 0.3) is 24.3 Å². The van der Waals surface area contributed by atoms with Crippen molar-refractivity contribution in [3.63, 3.8) is 0 Å². The Balaban J connectivity index is 0.000000297. The van der Waals surface area contributed by atoms with Crippen LogP contribution in [-0.2, 0) is 0 Å². The number of hydrogen-bond acceptors (Lipinski definition) is 2. The number of aryl methyl sites for hydroxylation is 2. The molecule has 4 rings (SSSR count). The van der Waals surface area contributed by atoms with Gasteiger partial charge in [-0.1, -0.05) is 133 Å². The molecule has 0 aromatic heterocycles. The average Bonchev–Trinajstić information content (AvgIpc) is 2.92. The monoisotopic (exact) mass is 442 g/mol. The zero-order valence-electron chi connectivity index (χ0n) is 19.8. The fourth-order valence-electron chi connectivity index (χ4n) is 3.05. The van der Waals surface area contributed by atoms with Crippen LogP contribution in [0, 0.1) is 37.5 Å².